The number of aromatic nitrogens is 1. The third-order valence-electron chi connectivity index (χ3n) is 4.07. The van der Waals surface area contributed by atoms with E-state index in [0.717, 1.165) is 0 Å². The molecular formula is C20H14FNO5. The van der Waals surface area contributed by atoms with Crippen LogP contribution in [0, 0.1) is 5.82 Å². The molecule has 0 spiro atoms. The lowest BCUT2D eigenvalue weighted by Crippen LogP contribution is -2.19. The topological polar surface area (TPSA) is 74.6 Å². The Balaban J connectivity index is 1.44. The van der Waals surface area contributed by atoms with Crippen molar-refractivity contribution in [3.8, 4) is 11.3 Å². The number of oxazole rings is 1. The maximum Gasteiger partial charge on any atom is 0.420 e. The molecule has 2 aromatic carbocycles. The van der Waals surface area contributed by atoms with E-state index < -0.39 is 17.5 Å². The van der Waals surface area contributed by atoms with Crippen LogP contribution in [0.4, 0.5) is 4.39 Å². The third-order valence-corrected chi connectivity index (χ3v) is 4.07. The summed E-state index contributed by atoms with van der Waals surface area (Å²) in [4.78, 5) is 24.0. The van der Waals surface area contributed by atoms with Gasteiger partial charge in [0.1, 0.15) is 18.2 Å². The maximum atomic E-state index is 13.8. The molecule has 0 saturated carbocycles. The average molecular weight is 367 g/mol. The number of nitrogens with zero attached hydrogens (tertiary/aromatic N) is 1. The molecule has 4 aromatic rings. The van der Waals surface area contributed by atoms with Gasteiger partial charge in [-0.2, -0.15) is 0 Å². The number of benzene rings is 2. The number of carbonyl (C=O) groups is 1. The van der Waals surface area contributed by atoms with Gasteiger partial charge in [0.15, 0.2) is 5.58 Å². The van der Waals surface area contributed by atoms with E-state index in [0.29, 0.717) is 11.1 Å². The fraction of sp³-hybridized carbons (Fsp3) is 0.100. The number of ether oxygens (including phenoxy) is 1. The van der Waals surface area contributed by atoms with E-state index in [1.54, 1.807) is 42.5 Å². The highest BCUT2D eigenvalue weighted by Crippen LogP contribution is 2.25. The van der Waals surface area contributed by atoms with Crippen molar-refractivity contribution in [3.05, 3.63) is 82.8 Å². The molecule has 0 saturated heterocycles. The first-order chi connectivity index (χ1) is 13.1. The summed E-state index contributed by atoms with van der Waals surface area (Å²) in [5.41, 5.74) is 1.35. The molecular weight excluding hydrogens is 353 g/mol. The molecule has 0 N–H and O–H groups in total. The number of esters is 1. The molecule has 0 fully saturated rings. The lowest BCUT2D eigenvalue weighted by molar-refractivity contribution is 0.0455. The van der Waals surface area contributed by atoms with Gasteiger partial charge in [-0.3, -0.25) is 4.57 Å². The predicted octanol–water partition coefficient (Wildman–Crippen LogP) is 3.85. The molecule has 0 unspecified atom stereocenters. The largest absolute Gasteiger partial charge is 0.458 e. The van der Waals surface area contributed by atoms with E-state index in [9.17, 15) is 14.0 Å². The second kappa shape index (κ2) is 6.95. The fourth-order valence-electron chi connectivity index (χ4n) is 2.78. The number of hydrogen-bond acceptors (Lipinski definition) is 5. The minimum atomic E-state index is -0.696. The first kappa shape index (κ1) is 16.8. The zero-order chi connectivity index (χ0) is 18.8. The van der Waals surface area contributed by atoms with E-state index >= 15 is 0 Å². The Morgan fingerprint density at radius 1 is 1.00 bits per heavy atom. The molecule has 0 bridgehead atoms. The molecule has 27 heavy (non-hydrogen) atoms. The van der Waals surface area contributed by atoms with Gasteiger partial charge in [-0.05, 0) is 36.4 Å². The normalized spacial score (nSPS) is 11.0. The molecule has 6 nitrogen and oxygen atoms in total. The summed E-state index contributed by atoms with van der Waals surface area (Å²) in [6.45, 7) is 0.0977. The number of furan rings is 1. The molecule has 2 aromatic heterocycles. The van der Waals surface area contributed by atoms with Crippen molar-refractivity contribution < 1.29 is 22.8 Å². The van der Waals surface area contributed by atoms with Crippen molar-refractivity contribution in [3.63, 3.8) is 0 Å². The van der Waals surface area contributed by atoms with Crippen LogP contribution < -0.4 is 5.76 Å². The predicted molar refractivity (Wildman–Crippen MR) is 94.9 cm³/mol. The molecule has 0 atom stereocenters. The van der Waals surface area contributed by atoms with Crippen molar-refractivity contribution in [2.45, 2.75) is 6.54 Å². The number of halogens is 1. The van der Waals surface area contributed by atoms with Gasteiger partial charge in [-0.25, -0.2) is 14.0 Å². The lowest BCUT2D eigenvalue weighted by atomic mass is 10.1. The minimum Gasteiger partial charge on any atom is -0.458 e. The molecule has 0 aliphatic carbocycles. The van der Waals surface area contributed by atoms with Crippen LogP contribution in [-0.4, -0.2) is 17.1 Å². The molecule has 0 aliphatic heterocycles. The Labute approximate surface area is 152 Å². The van der Waals surface area contributed by atoms with Gasteiger partial charge in [0.2, 0.25) is 5.76 Å². The number of hydrogen-bond donors (Lipinski definition) is 0. The van der Waals surface area contributed by atoms with E-state index in [1.165, 1.54) is 22.8 Å². The summed E-state index contributed by atoms with van der Waals surface area (Å²) in [6.07, 6.45) is 0. The summed E-state index contributed by atoms with van der Waals surface area (Å²) >= 11 is 0. The standard InChI is InChI=1S/C20H14FNO5/c21-14-6-2-1-5-13(14)16-9-10-18(26-16)19(23)25-12-11-22-15-7-3-4-8-17(15)27-20(22)24/h1-10H,11-12H2. The molecule has 2 heterocycles. The SMILES string of the molecule is O=C(OCCn1c(=O)oc2ccccc21)c1ccc(-c2ccccc2F)o1. The smallest absolute Gasteiger partial charge is 0.420 e. The molecule has 0 amide bonds. The van der Waals surface area contributed by atoms with Crippen LogP contribution in [0.3, 0.4) is 0 Å². The number of fused-ring (bicyclic) bond motifs is 1. The van der Waals surface area contributed by atoms with Crippen molar-refractivity contribution in [1.29, 1.82) is 0 Å². The molecule has 136 valence electrons. The highest BCUT2D eigenvalue weighted by atomic mass is 19.1. The van der Waals surface area contributed by atoms with Crippen LogP contribution >= 0.6 is 0 Å². The summed E-state index contributed by atoms with van der Waals surface area (Å²) in [5, 5.41) is 0. The second-order valence-corrected chi connectivity index (χ2v) is 5.77. The highest BCUT2D eigenvalue weighted by Gasteiger charge is 2.16. The fourth-order valence-corrected chi connectivity index (χ4v) is 2.78. The molecule has 4 rings (SSSR count). The Kier molecular flexibility index (Phi) is 4.33. The van der Waals surface area contributed by atoms with Crippen molar-refractivity contribution in [1.82, 2.24) is 4.57 Å². The lowest BCUT2D eigenvalue weighted by Gasteiger charge is -2.04. The summed E-state index contributed by atoms with van der Waals surface area (Å²) in [5.74, 6) is -1.47. The average Bonchev–Trinajstić information content (AvgIpc) is 3.27. The molecule has 0 aliphatic rings. The van der Waals surface area contributed by atoms with Gasteiger partial charge in [-0.15, -0.1) is 0 Å². The van der Waals surface area contributed by atoms with E-state index in [1.807, 2.05) is 0 Å². The van der Waals surface area contributed by atoms with Crippen LogP contribution in [0.15, 0.2) is 74.3 Å². The zero-order valence-corrected chi connectivity index (χ0v) is 14.1. The van der Waals surface area contributed by atoms with E-state index in [2.05, 4.69) is 0 Å². The van der Waals surface area contributed by atoms with Crippen LogP contribution in [0.5, 0.6) is 0 Å². The summed E-state index contributed by atoms with van der Waals surface area (Å²) in [7, 11) is 0. The highest BCUT2D eigenvalue weighted by molar-refractivity contribution is 5.87. The van der Waals surface area contributed by atoms with Crippen LogP contribution in [0.2, 0.25) is 0 Å². The third kappa shape index (κ3) is 3.27. The van der Waals surface area contributed by atoms with Gasteiger partial charge in [0.05, 0.1) is 17.6 Å². The van der Waals surface area contributed by atoms with E-state index in [-0.39, 0.29) is 30.2 Å². The Morgan fingerprint density at radius 2 is 1.78 bits per heavy atom. The first-order valence-corrected chi connectivity index (χ1v) is 8.24. The van der Waals surface area contributed by atoms with Gasteiger partial charge in [0.25, 0.3) is 0 Å². The van der Waals surface area contributed by atoms with Gasteiger partial charge in [0, 0.05) is 0 Å². The zero-order valence-electron chi connectivity index (χ0n) is 14.1. The van der Waals surface area contributed by atoms with Gasteiger partial charge in [-0.1, -0.05) is 24.3 Å². The second-order valence-electron chi connectivity index (χ2n) is 5.77. The number of para-hydroxylation sites is 2. The quantitative estimate of drug-likeness (QED) is 0.501. The summed E-state index contributed by atoms with van der Waals surface area (Å²) in [6, 6.07) is 16.0. The van der Waals surface area contributed by atoms with E-state index in [4.69, 9.17) is 13.6 Å². The summed E-state index contributed by atoms with van der Waals surface area (Å²) < 4.78 is 30.8. The van der Waals surface area contributed by atoms with Crippen molar-refractivity contribution in [2.24, 2.45) is 0 Å². The Hall–Kier alpha value is -3.61. The van der Waals surface area contributed by atoms with Gasteiger partial charge >= 0.3 is 11.7 Å². The number of rotatable bonds is 5. The monoisotopic (exact) mass is 367 g/mol. The maximum absolute atomic E-state index is 13.8. The first-order valence-electron chi connectivity index (χ1n) is 8.24. The minimum absolute atomic E-state index is 0.0437. The van der Waals surface area contributed by atoms with Crippen molar-refractivity contribution in [2.75, 3.05) is 6.61 Å². The van der Waals surface area contributed by atoms with Crippen LogP contribution in [-0.2, 0) is 11.3 Å². The Morgan fingerprint density at radius 3 is 2.63 bits per heavy atom. The van der Waals surface area contributed by atoms with Crippen LogP contribution in [0.1, 0.15) is 10.6 Å². The van der Waals surface area contributed by atoms with Crippen molar-refractivity contribution >= 4 is 17.1 Å². The molecule has 0 radical (unpaired) electrons. The molecule has 7 heteroatoms. The van der Waals surface area contributed by atoms with Crippen LogP contribution in [0.25, 0.3) is 22.4 Å². The van der Waals surface area contributed by atoms with Gasteiger partial charge < -0.3 is 13.6 Å². The number of carbonyl (C=O) groups excluding carboxylic acids is 1. The Bertz CT molecular complexity index is 1170.